The molecule has 0 saturated heterocycles. The molecule has 2 fully saturated rings. The number of esters is 1. The van der Waals surface area contributed by atoms with Gasteiger partial charge in [0.15, 0.2) is 5.69 Å². The second-order valence-corrected chi connectivity index (χ2v) is 7.40. The van der Waals surface area contributed by atoms with Gasteiger partial charge in [-0.05, 0) is 45.1 Å². The van der Waals surface area contributed by atoms with Gasteiger partial charge in [-0.1, -0.05) is 19.3 Å². The van der Waals surface area contributed by atoms with E-state index in [1.54, 1.807) is 4.68 Å². The summed E-state index contributed by atoms with van der Waals surface area (Å²) in [5.74, 6) is 0.0846. The standard InChI is InChI=1S/C19H29N3O3/c1-4-25-19(24)16-11-14(16)12-22(15-8-6-5-7-9-15)18(23)17-10-13(2)21(3)20-17/h10,14-16H,4-9,11-12H2,1-3H3/t14-,16-/m0/s1. The van der Waals surface area contributed by atoms with Crippen LogP contribution in [0.2, 0.25) is 0 Å². The van der Waals surface area contributed by atoms with E-state index in [1.807, 2.05) is 31.9 Å². The molecule has 2 aliphatic rings. The van der Waals surface area contributed by atoms with E-state index in [0.717, 1.165) is 25.0 Å². The van der Waals surface area contributed by atoms with Crippen LogP contribution in [-0.4, -0.2) is 45.8 Å². The lowest BCUT2D eigenvalue weighted by Gasteiger charge is -2.34. The maximum atomic E-state index is 13.1. The topological polar surface area (TPSA) is 64.4 Å². The molecule has 1 amide bonds. The monoisotopic (exact) mass is 347 g/mol. The minimum Gasteiger partial charge on any atom is -0.466 e. The van der Waals surface area contributed by atoms with Crippen molar-refractivity contribution in [2.45, 2.75) is 58.4 Å². The van der Waals surface area contributed by atoms with Crippen LogP contribution in [0.25, 0.3) is 0 Å². The Kier molecular flexibility index (Phi) is 5.45. The summed E-state index contributed by atoms with van der Waals surface area (Å²) in [5, 5.41) is 4.37. The first kappa shape index (κ1) is 18.0. The Morgan fingerprint density at radius 2 is 2.04 bits per heavy atom. The summed E-state index contributed by atoms with van der Waals surface area (Å²) in [6.07, 6.45) is 6.51. The van der Waals surface area contributed by atoms with Crippen molar-refractivity contribution in [2.75, 3.05) is 13.2 Å². The van der Waals surface area contributed by atoms with Gasteiger partial charge in [-0.25, -0.2) is 0 Å². The van der Waals surface area contributed by atoms with Gasteiger partial charge in [-0.15, -0.1) is 0 Å². The van der Waals surface area contributed by atoms with E-state index in [-0.39, 0.29) is 29.8 Å². The molecule has 0 aromatic carbocycles. The molecular weight excluding hydrogens is 318 g/mol. The molecule has 1 aromatic heterocycles. The van der Waals surface area contributed by atoms with Gasteiger partial charge in [0.1, 0.15) is 0 Å². The zero-order valence-electron chi connectivity index (χ0n) is 15.5. The van der Waals surface area contributed by atoms with E-state index < -0.39 is 0 Å². The van der Waals surface area contributed by atoms with Crippen LogP contribution in [0.3, 0.4) is 0 Å². The number of amides is 1. The van der Waals surface area contributed by atoms with Crippen LogP contribution in [0.1, 0.15) is 61.6 Å². The Bertz CT molecular complexity index is 614. The highest BCUT2D eigenvalue weighted by atomic mass is 16.5. The number of aryl methyl sites for hydroxylation is 2. The van der Waals surface area contributed by atoms with Crippen molar-refractivity contribution < 1.29 is 14.3 Å². The van der Waals surface area contributed by atoms with E-state index in [4.69, 9.17) is 4.74 Å². The fourth-order valence-electron chi connectivity index (χ4n) is 3.84. The third-order valence-corrected chi connectivity index (χ3v) is 5.55. The molecule has 0 radical (unpaired) electrons. The van der Waals surface area contributed by atoms with Gasteiger partial charge >= 0.3 is 5.97 Å². The van der Waals surface area contributed by atoms with Crippen molar-refractivity contribution >= 4 is 11.9 Å². The molecule has 0 bridgehead atoms. The number of ether oxygens (including phenoxy) is 1. The highest BCUT2D eigenvalue weighted by Crippen LogP contribution is 2.41. The molecule has 2 aliphatic carbocycles. The van der Waals surface area contributed by atoms with Crippen molar-refractivity contribution in [3.63, 3.8) is 0 Å². The van der Waals surface area contributed by atoms with E-state index in [0.29, 0.717) is 18.8 Å². The minimum atomic E-state index is -0.114. The molecule has 6 nitrogen and oxygen atoms in total. The zero-order chi connectivity index (χ0) is 18.0. The van der Waals surface area contributed by atoms with Gasteiger partial charge in [0, 0.05) is 25.3 Å². The van der Waals surface area contributed by atoms with Gasteiger partial charge in [0.2, 0.25) is 0 Å². The number of nitrogens with zero attached hydrogens (tertiary/aromatic N) is 3. The first-order valence-electron chi connectivity index (χ1n) is 9.49. The Balaban J connectivity index is 1.71. The smallest absolute Gasteiger partial charge is 0.309 e. The second kappa shape index (κ2) is 7.58. The van der Waals surface area contributed by atoms with Crippen LogP contribution in [-0.2, 0) is 16.6 Å². The molecule has 0 aliphatic heterocycles. The van der Waals surface area contributed by atoms with Gasteiger partial charge in [0.25, 0.3) is 5.91 Å². The van der Waals surface area contributed by atoms with Crippen LogP contribution in [0, 0.1) is 18.8 Å². The van der Waals surface area contributed by atoms with Crippen LogP contribution >= 0.6 is 0 Å². The first-order valence-corrected chi connectivity index (χ1v) is 9.49. The third-order valence-electron chi connectivity index (χ3n) is 5.55. The number of hydrogen-bond donors (Lipinski definition) is 0. The number of carbonyl (C=O) groups is 2. The van der Waals surface area contributed by atoms with Crippen molar-refractivity contribution in [1.82, 2.24) is 14.7 Å². The molecule has 0 N–H and O–H groups in total. The van der Waals surface area contributed by atoms with E-state index in [9.17, 15) is 9.59 Å². The van der Waals surface area contributed by atoms with E-state index in [1.165, 1.54) is 19.3 Å². The van der Waals surface area contributed by atoms with E-state index >= 15 is 0 Å². The first-order chi connectivity index (χ1) is 12.0. The summed E-state index contributed by atoms with van der Waals surface area (Å²) in [6, 6.07) is 2.13. The molecule has 1 aromatic rings. The summed E-state index contributed by atoms with van der Waals surface area (Å²) in [7, 11) is 1.86. The van der Waals surface area contributed by atoms with Crippen LogP contribution in [0.5, 0.6) is 0 Å². The van der Waals surface area contributed by atoms with Gasteiger partial charge in [-0.3, -0.25) is 14.3 Å². The van der Waals surface area contributed by atoms with Crippen molar-refractivity contribution in [2.24, 2.45) is 18.9 Å². The molecule has 6 heteroatoms. The minimum absolute atomic E-state index is 0.00473. The summed E-state index contributed by atoms with van der Waals surface area (Å²) in [4.78, 5) is 27.0. The third kappa shape index (κ3) is 4.05. The van der Waals surface area contributed by atoms with Gasteiger partial charge in [0.05, 0.1) is 12.5 Å². The Labute approximate surface area is 149 Å². The number of hydrogen-bond acceptors (Lipinski definition) is 4. The van der Waals surface area contributed by atoms with Crippen LogP contribution in [0.15, 0.2) is 6.07 Å². The maximum absolute atomic E-state index is 13.1. The predicted octanol–water partition coefficient (Wildman–Crippen LogP) is 2.70. The Hall–Kier alpha value is -1.85. The lowest BCUT2D eigenvalue weighted by Crippen LogP contribution is -2.43. The van der Waals surface area contributed by atoms with Gasteiger partial charge < -0.3 is 9.64 Å². The van der Waals surface area contributed by atoms with Crippen molar-refractivity contribution in [3.05, 3.63) is 17.5 Å². The number of aromatic nitrogens is 2. The Morgan fingerprint density at radius 1 is 1.32 bits per heavy atom. The molecule has 1 heterocycles. The average molecular weight is 347 g/mol. The van der Waals surface area contributed by atoms with Crippen LogP contribution in [0.4, 0.5) is 0 Å². The summed E-state index contributed by atoms with van der Waals surface area (Å²) < 4.78 is 6.87. The lowest BCUT2D eigenvalue weighted by atomic mass is 9.93. The molecule has 0 spiro atoms. The normalized spacial score (nSPS) is 23.3. The molecule has 25 heavy (non-hydrogen) atoms. The average Bonchev–Trinajstić information content (AvgIpc) is 3.31. The molecule has 3 rings (SSSR count). The summed E-state index contributed by atoms with van der Waals surface area (Å²) >= 11 is 0. The molecular formula is C19H29N3O3. The highest BCUT2D eigenvalue weighted by Gasteiger charge is 2.46. The quantitative estimate of drug-likeness (QED) is 0.742. The lowest BCUT2D eigenvalue weighted by molar-refractivity contribution is -0.145. The molecule has 2 saturated carbocycles. The Morgan fingerprint density at radius 3 is 2.64 bits per heavy atom. The highest BCUT2D eigenvalue weighted by molar-refractivity contribution is 5.92. The SMILES string of the molecule is CCOC(=O)[C@H]1C[C@H]1CN(C(=O)c1cc(C)n(C)n1)C1CCCCC1. The van der Waals surface area contributed by atoms with Crippen LogP contribution < -0.4 is 0 Å². The number of carbonyl (C=O) groups excluding carboxylic acids is 2. The summed E-state index contributed by atoms with van der Waals surface area (Å²) in [6.45, 7) is 4.84. The molecule has 2 atom stereocenters. The summed E-state index contributed by atoms with van der Waals surface area (Å²) in [5.41, 5.74) is 1.49. The van der Waals surface area contributed by atoms with E-state index in [2.05, 4.69) is 5.10 Å². The fraction of sp³-hybridized carbons (Fsp3) is 0.737. The van der Waals surface area contributed by atoms with Crippen molar-refractivity contribution in [3.8, 4) is 0 Å². The second-order valence-electron chi connectivity index (χ2n) is 7.40. The molecule has 0 unspecified atom stereocenters. The molecule has 138 valence electrons. The number of rotatable bonds is 6. The zero-order valence-corrected chi connectivity index (χ0v) is 15.5. The maximum Gasteiger partial charge on any atom is 0.309 e. The predicted molar refractivity (Wildman–Crippen MR) is 94.1 cm³/mol. The fourth-order valence-corrected chi connectivity index (χ4v) is 3.84. The largest absolute Gasteiger partial charge is 0.466 e. The van der Waals surface area contributed by atoms with Crippen molar-refractivity contribution in [1.29, 1.82) is 0 Å². The van der Waals surface area contributed by atoms with Gasteiger partial charge in [-0.2, -0.15) is 5.10 Å².